The molecule has 0 saturated carbocycles. The Balaban J connectivity index is 1.38. The summed E-state index contributed by atoms with van der Waals surface area (Å²) in [5.41, 5.74) is 4.61. The van der Waals surface area contributed by atoms with Crippen LogP contribution in [0.4, 0.5) is 10.5 Å². The molecule has 3 aromatic carbocycles. The lowest BCUT2D eigenvalue weighted by molar-refractivity contribution is -0.123. The van der Waals surface area contributed by atoms with Crippen LogP contribution in [-0.4, -0.2) is 48.3 Å². The zero-order chi connectivity index (χ0) is 30.2. The van der Waals surface area contributed by atoms with E-state index in [0.717, 1.165) is 34.2 Å². The topological polar surface area (TPSA) is 94.2 Å². The number of carbonyl (C=O) groups excluding carboxylic acids is 3. The van der Waals surface area contributed by atoms with Gasteiger partial charge in [0.2, 0.25) is 0 Å². The lowest BCUT2D eigenvalue weighted by Crippen LogP contribution is -2.32. The van der Waals surface area contributed by atoms with E-state index in [2.05, 4.69) is 19.2 Å². The fraction of sp³-hybridized carbons (Fsp3) is 0.303. The summed E-state index contributed by atoms with van der Waals surface area (Å²) >= 11 is 0.891. The van der Waals surface area contributed by atoms with Gasteiger partial charge >= 0.3 is 0 Å². The van der Waals surface area contributed by atoms with Gasteiger partial charge in [-0.15, -0.1) is 0 Å². The molecule has 0 aliphatic carbocycles. The van der Waals surface area contributed by atoms with Crippen molar-refractivity contribution in [2.24, 2.45) is 0 Å². The number of anilines is 1. The van der Waals surface area contributed by atoms with Crippen molar-refractivity contribution in [2.45, 2.75) is 40.5 Å². The van der Waals surface area contributed by atoms with Crippen molar-refractivity contribution >= 4 is 40.6 Å². The highest BCUT2D eigenvalue weighted by atomic mass is 32.2. The summed E-state index contributed by atoms with van der Waals surface area (Å²) in [4.78, 5) is 39.6. The van der Waals surface area contributed by atoms with Crippen molar-refractivity contribution in [1.82, 2.24) is 4.90 Å². The van der Waals surface area contributed by atoms with E-state index in [0.29, 0.717) is 34.3 Å². The van der Waals surface area contributed by atoms with E-state index in [4.69, 9.17) is 14.2 Å². The van der Waals surface area contributed by atoms with Crippen molar-refractivity contribution in [2.75, 3.05) is 31.7 Å². The molecule has 220 valence electrons. The summed E-state index contributed by atoms with van der Waals surface area (Å²) in [7, 11) is 0. The Bertz CT molecular complexity index is 1480. The third-order valence-corrected chi connectivity index (χ3v) is 7.40. The molecule has 0 aromatic heterocycles. The fourth-order valence-electron chi connectivity index (χ4n) is 4.31. The van der Waals surface area contributed by atoms with Crippen molar-refractivity contribution in [3.63, 3.8) is 0 Å². The molecule has 0 unspecified atom stereocenters. The molecular formula is C33H36N2O6S. The second kappa shape index (κ2) is 14.1. The Morgan fingerprint density at radius 2 is 1.64 bits per heavy atom. The maximum atomic E-state index is 13.1. The van der Waals surface area contributed by atoms with Gasteiger partial charge in [-0.25, -0.2) is 0 Å². The van der Waals surface area contributed by atoms with Crippen molar-refractivity contribution in [1.29, 1.82) is 0 Å². The number of imide groups is 1. The van der Waals surface area contributed by atoms with Gasteiger partial charge in [-0.05, 0) is 91.5 Å². The fourth-order valence-corrected chi connectivity index (χ4v) is 5.18. The van der Waals surface area contributed by atoms with Gasteiger partial charge in [0.1, 0.15) is 12.4 Å². The minimum atomic E-state index is -0.368. The normalized spacial score (nSPS) is 14.0. The third kappa shape index (κ3) is 7.94. The summed E-state index contributed by atoms with van der Waals surface area (Å²) in [6.07, 6.45) is 1.65. The van der Waals surface area contributed by atoms with Gasteiger partial charge in [0.25, 0.3) is 17.1 Å². The van der Waals surface area contributed by atoms with Crippen LogP contribution >= 0.6 is 11.8 Å². The molecular weight excluding hydrogens is 552 g/mol. The third-order valence-electron chi connectivity index (χ3n) is 6.50. The van der Waals surface area contributed by atoms with E-state index in [1.54, 1.807) is 24.3 Å². The first kappa shape index (κ1) is 30.7. The van der Waals surface area contributed by atoms with E-state index in [1.807, 2.05) is 63.2 Å². The first-order chi connectivity index (χ1) is 20.1. The number of rotatable bonds is 12. The second-order valence-corrected chi connectivity index (χ2v) is 11.2. The predicted molar refractivity (Wildman–Crippen MR) is 166 cm³/mol. The van der Waals surface area contributed by atoms with Crippen molar-refractivity contribution in [3.05, 3.63) is 87.8 Å². The van der Waals surface area contributed by atoms with Crippen LogP contribution in [0.25, 0.3) is 6.08 Å². The van der Waals surface area contributed by atoms with Crippen LogP contribution in [0.5, 0.6) is 17.2 Å². The van der Waals surface area contributed by atoms with Crippen LogP contribution in [-0.2, 0) is 9.59 Å². The smallest absolute Gasteiger partial charge is 0.293 e. The van der Waals surface area contributed by atoms with Crippen molar-refractivity contribution in [3.8, 4) is 17.2 Å². The molecule has 3 aromatic rings. The first-order valence-corrected chi connectivity index (χ1v) is 14.7. The zero-order valence-corrected chi connectivity index (χ0v) is 25.4. The number of nitrogens with zero attached hydrogens (tertiary/aromatic N) is 1. The molecule has 4 rings (SSSR count). The first-order valence-electron chi connectivity index (χ1n) is 13.9. The van der Waals surface area contributed by atoms with Crippen molar-refractivity contribution < 1.29 is 28.6 Å². The van der Waals surface area contributed by atoms with Gasteiger partial charge in [-0.3, -0.25) is 19.3 Å². The van der Waals surface area contributed by atoms with Crippen LogP contribution in [0.1, 0.15) is 48.9 Å². The summed E-state index contributed by atoms with van der Waals surface area (Å²) in [6, 6.07) is 18.7. The summed E-state index contributed by atoms with van der Waals surface area (Å²) in [5, 5.41) is 2.46. The van der Waals surface area contributed by atoms with Gasteiger partial charge in [-0.1, -0.05) is 49.7 Å². The van der Waals surface area contributed by atoms with E-state index in [1.165, 1.54) is 4.90 Å². The summed E-state index contributed by atoms with van der Waals surface area (Å²) in [5.74, 6) is 1.22. The molecule has 0 spiro atoms. The molecule has 1 heterocycles. The molecule has 0 radical (unpaired) electrons. The Hall–Kier alpha value is -4.24. The molecule has 1 saturated heterocycles. The highest BCUT2D eigenvalue weighted by molar-refractivity contribution is 8.18. The highest BCUT2D eigenvalue weighted by Gasteiger charge is 2.35. The maximum Gasteiger partial charge on any atom is 0.293 e. The Kier molecular flexibility index (Phi) is 10.3. The average Bonchev–Trinajstić information content (AvgIpc) is 3.21. The monoisotopic (exact) mass is 588 g/mol. The van der Waals surface area contributed by atoms with Crippen LogP contribution in [0, 0.1) is 13.8 Å². The van der Waals surface area contributed by atoms with Gasteiger partial charge in [-0.2, -0.15) is 0 Å². The maximum absolute atomic E-state index is 13.1. The molecule has 42 heavy (non-hydrogen) atoms. The standard InChI is InChI=1S/C33H36N2O6S/c1-6-39-29-18-24(10-14-27(29)41-20-31(36)34-25-11-7-22(4)8-12-25)19-30-32(37)35(33(38)42-30)15-16-40-28-17-23(5)9-13-26(28)21(2)3/h7-14,17-19,21H,6,15-16,20H2,1-5H3,(H,34,36)/b30-19-. The predicted octanol–water partition coefficient (Wildman–Crippen LogP) is 6.96. The molecule has 1 fully saturated rings. The minimum Gasteiger partial charge on any atom is -0.491 e. The molecule has 0 bridgehead atoms. The van der Waals surface area contributed by atoms with Gasteiger partial charge in [0, 0.05) is 5.69 Å². The molecule has 8 nitrogen and oxygen atoms in total. The Morgan fingerprint density at radius 1 is 0.905 bits per heavy atom. The lowest BCUT2D eigenvalue weighted by atomic mass is 10.0. The minimum absolute atomic E-state index is 0.148. The number of hydrogen-bond acceptors (Lipinski definition) is 7. The molecule has 9 heteroatoms. The largest absolute Gasteiger partial charge is 0.491 e. The van der Waals surface area contributed by atoms with Gasteiger partial charge in [0.15, 0.2) is 18.1 Å². The Morgan fingerprint density at radius 3 is 2.36 bits per heavy atom. The summed E-state index contributed by atoms with van der Waals surface area (Å²) < 4.78 is 17.5. The van der Waals surface area contributed by atoms with Crippen LogP contribution in [0.2, 0.25) is 0 Å². The second-order valence-electron chi connectivity index (χ2n) is 10.2. The number of ether oxygens (including phenoxy) is 3. The van der Waals surface area contributed by atoms with Gasteiger partial charge < -0.3 is 19.5 Å². The van der Waals surface area contributed by atoms with E-state index in [9.17, 15) is 14.4 Å². The number of hydrogen-bond donors (Lipinski definition) is 1. The van der Waals surface area contributed by atoms with E-state index >= 15 is 0 Å². The molecule has 1 aliphatic rings. The van der Waals surface area contributed by atoms with Crippen LogP contribution in [0.3, 0.4) is 0 Å². The number of aryl methyl sites for hydroxylation is 2. The number of amides is 3. The average molecular weight is 589 g/mol. The number of nitrogens with one attached hydrogen (secondary N) is 1. The Labute approximate surface area is 251 Å². The van der Waals surface area contributed by atoms with E-state index < -0.39 is 0 Å². The SMILES string of the molecule is CCOc1cc(/C=C2\SC(=O)N(CCOc3cc(C)ccc3C(C)C)C2=O)ccc1OCC(=O)Nc1ccc(C)cc1. The number of carbonyl (C=O) groups is 3. The zero-order valence-electron chi connectivity index (χ0n) is 24.6. The van der Waals surface area contributed by atoms with Crippen LogP contribution < -0.4 is 19.5 Å². The highest BCUT2D eigenvalue weighted by Crippen LogP contribution is 2.35. The quantitative estimate of drug-likeness (QED) is 0.229. The molecule has 0 atom stereocenters. The number of thioether (sulfide) groups is 1. The molecule has 1 N–H and O–H groups in total. The molecule has 1 aliphatic heterocycles. The van der Waals surface area contributed by atoms with E-state index in [-0.39, 0.29) is 42.7 Å². The summed E-state index contributed by atoms with van der Waals surface area (Å²) in [6.45, 7) is 10.5. The van der Waals surface area contributed by atoms with Crippen LogP contribution in [0.15, 0.2) is 65.6 Å². The number of benzene rings is 3. The lowest BCUT2D eigenvalue weighted by Gasteiger charge is -2.17. The van der Waals surface area contributed by atoms with Gasteiger partial charge in [0.05, 0.1) is 18.1 Å². The molecule has 3 amide bonds.